The zero-order valence-electron chi connectivity index (χ0n) is 20.4. The first-order chi connectivity index (χ1) is 18.4. The third-order valence-electron chi connectivity index (χ3n) is 5.34. The van der Waals surface area contributed by atoms with Crippen molar-refractivity contribution in [1.82, 2.24) is 4.90 Å². The number of amidine groups is 1. The number of thioether (sulfide) groups is 1. The molecule has 1 N–H and O–H groups in total. The van der Waals surface area contributed by atoms with Crippen LogP contribution in [0.2, 0.25) is 0 Å². The van der Waals surface area contributed by atoms with Crippen molar-refractivity contribution < 1.29 is 24.2 Å². The number of rotatable bonds is 9. The molecule has 0 aromatic heterocycles. The first-order valence-corrected chi connectivity index (χ1v) is 13.2. The highest BCUT2D eigenvalue weighted by Crippen LogP contribution is 2.40. The molecule has 0 spiro atoms. The van der Waals surface area contributed by atoms with Crippen LogP contribution in [0.15, 0.2) is 81.1 Å². The molecule has 1 amide bonds. The first kappa shape index (κ1) is 27.0. The van der Waals surface area contributed by atoms with Gasteiger partial charge in [0.05, 0.1) is 33.8 Å². The summed E-state index contributed by atoms with van der Waals surface area (Å²) in [5.41, 5.74) is 2.41. The number of hydrogen-bond acceptors (Lipinski definition) is 6. The lowest BCUT2D eigenvalue weighted by molar-refractivity contribution is -0.122. The third kappa shape index (κ3) is 6.46. The standard InChI is InChI=1S/C29H23BrN2O5S/c1-3-14-37-26-23(30)15-20(16-24(26)36-4-2)17-25-27(33)32(18-19-10-12-21(13-11-19)28(34)35)29(38-25)31-22-8-6-5-7-9-22/h1,5-13,15-17H,4,14,18H2,2H3,(H,34,35)/b25-17-,31-29?. The third-order valence-corrected chi connectivity index (χ3v) is 6.94. The lowest BCUT2D eigenvalue weighted by Gasteiger charge is -2.16. The van der Waals surface area contributed by atoms with Gasteiger partial charge in [-0.1, -0.05) is 36.3 Å². The normalized spacial score (nSPS) is 15.1. The number of carboxylic acids is 1. The van der Waals surface area contributed by atoms with Crippen molar-refractivity contribution >= 4 is 56.5 Å². The van der Waals surface area contributed by atoms with Crippen LogP contribution in [0.25, 0.3) is 6.08 Å². The molecule has 0 bridgehead atoms. The first-order valence-electron chi connectivity index (χ1n) is 11.6. The molecule has 3 aromatic carbocycles. The summed E-state index contributed by atoms with van der Waals surface area (Å²) in [4.78, 5) is 31.6. The molecule has 1 saturated heterocycles. The van der Waals surface area contributed by atoms with Crippen LogP contribution in [0, 0.1) is 12.3 Å². The summed E-state index contributed by atoms with van der Waals surface area (Å²) in [5, 5.41) is 9.71. The van der Waals surface area contributed by atoms with Gasteiger partial charge in [0.25, 0.3) is 5.91 Å². The largest absolute Gasteiger partial charge is 0.490 e. The maximum Gasteiger partial charge on any atom is 0.335 e. The summed E-state index contributed by atoms with van der Waals surface area (Å²) in [6.45, 7) is 2.62. The maximum atomic E-state index is 13.6. The Balaban J connectivity index is 1.69. The average Bonchev–Trinajstić information content (AvgIpc) is 3.18. The Morgan fingerprint density at radius 2 is 1.89 bits per heavy atom. The molecule has 1 aliphatic heterocycles. The van der Waals surface area contributed by atoms with Crippen LogP contribution < -0.4 is 9.47 Å². The van der Waals surface area contributed by atoms with Crippen molar-refractivity contribution in [1.29, 1.82) is 0 Å². The fourth-order valence-electron chi connectivity index (χ4n) is 3.62. The van der Waals surface area contributed by atoms with E-state index in [0.717, 1.165) is 11.1 Å². The summed E-state index contributed by atoms with van der Waals surface area (Å²) in [5.74, 6) is 2.23. The minimum Gasteiger partial charge on any atom is -0.490 e. The van der Waals surface area contributed by atoms with Crippen molar-refractivity contribution in [2.24, 2.45) is 4.99 Å². The molecular weight excluding hydrogens is 568 g/mol. The summed E-state index contributed by atoms with van der Waals surface area (Å²) < 4.78 is 12.0. The molecular formula is C29H23BrN2O5S. The van der Waals surface area contributed by atoms with E-state index in [1.54, 1.807) is 29.2 Å². The van der Waals surface area contributed by atoms with E-state index < -0.39 is 5.97 Å². The van der Waals surface area contributed by atoms with Gasteiger partial charge in [-0.3, -0.25) is 9.69 Å². The molecule has 3 aromatic rings. The number of para-hydroxylation sites is 1. The molecule has 0 aliphatic carbocycles. The highest BCUT2D eigenvalue weighted by molar-refractivity contribution is 9.10. The molecule has 0 atom stereocenters. The fraction of sp³-hybridized carbons (Fsp3) is 0.138. The predicted octanol–water partition coefficient (Wildman–Crippen LogP) is 6.36. The minimum atomic E-state index is -1.01. The monoisotopic (exact) mass is 590 g/mol. The van der Waals surface area contributed by atoms with E-state index in [4.69, 9.17) is 20.9 Å². The summed E-state index contributed by atoms with van der Waals surface area (Å²) in [7, 11) is 0. The van der Waals surface area contributed by atoms with Crippen LogP contribution >= 0.6 is 27.7 Å². The Morgan fingerprint density at radius 3 is 2.55 bits per heavy atom. The van der Waals surface area contributed by atoms with Gasteiger partial charge in [0.2, 0.25) is 0 Å². The Bertz CT molecular complexity index is 1450. The van der Waals surface area contributed by atoms with Gasteiger partial charge in [0.1, 0.15) is 6.61 Å². The summed E-state index contributed by atoms with van der Waals surface area (Å²) in [6, 6.07) is 19.4. The van der Waals surface area contributed by atoms with Gasteiger partial charge < -0.3 is 14.6 Å². The van der Waals surface area contributed by atoms with Gasteiger partial charge in [-0.15, -0.1) is 6.42 Å². The molecule has 0 radical (unpaired) electrons. The van der Waals surface area contributed by atoms with Crippen molar-refractivity contribution in [3.63, 3.8) is 0 Å². The van der Waals surface area contributed by atoms with Crippen LogP contribution in [-0.2, 0) is 11.3 Å². The fourth-order valence-corrected chi connectivity index (χ4v) is 5.19. The lowest BCUT2D eigenvalue weighted by atomic mass is 10.1. The van der Waals surface area contributed by atoms with Crippen LogP contribution in [0.1, 0.15) is 28.4 Å². The molecule has 4 rings (SSSR count). The number of nitrogens with zero attached hydrogens (tertiary/aromatic N) is 2. The molecule has 9 heteroatoms. The molecule has 38 heavy (non-hydrogen) atoms. The van der Waals surface area contributed by atoms with Gasteiger partial charge >= 0.3 is 5.97 Å². The van der Waals surface area contributed by atoms with E-state index in [0.29, 0.717) is 38.3 Å². The zero-order valence-corrected chi connectivity index (χ0v) is 22.8. The highest BCUT2D eigenvalue weighted by Gasteiger charge is 2.33. The summed E-state index contributed by atoms with van der Waals surface area (Å²) >= 11 is 4.79. The van der Waals surface area contributed by atoms with E-state index >= 15 is 0 Å². The minimum absolute atomic E-state index is 0.0924. The Kier molecular flexibility index (Phi) is 8.89. The van der Waals surface area contributed by atoms with E-state index in [-0.39, 0.29) is 24.6 Å². The van der Waals surface area contributed by atoms with Gasteiger partial charge in [-0.25, -0.2) is 9.79 Å². The number of aliphatic imine (C=N–C) groups is 1. The molecule has 0 unspecified atom stereocenters. The van der Waals surface area contributed by atoms with Crippen molar-refractivity contribution in [3.8, 4) is 23.8 Å². The molecule has 1 fully saturated rings. The van der Waals surface area contributed by atoms with Crippen LogP contribution in [0.5, 0.6) is 11.5 Å². The van der Waals surface area contributed by atoms with Crippen LogP contribution in [0.3, 0.4) is 0 Å². The van der Waals surface area contributed by atoms with Crippen LogP contribution in [0.4, 0.5) is 5.69 Å². The van der Waals surface area contributed by atoms with Crippen molar-refractivity contribution in [2.45, 2.75) is 13.5 Å². The molecule has 1 heterocycles. The van der Waals surface area contributed by atoms with E-state index in [9.17, 15) is 14.7 Å². The topological polar surface area (TPSA) is 88.4 Å². The van der Waals surface area contributed by atoms with Gasteiger partial charge in [-0.2, -0.15) is 0 Å². The predicted molar refractivity (Wildman–Crippen MR) is 153 cm³/mol. The number of halogens is 1. The second kappa shape index (κ2) is 12.5. The highest BCUT2D eigenvalue weighted by atomic mass is 79.9. The smallest absolute Gasteiger partial charge is 0.335 e. The number of hydrogen-bond donors (Lipinski definition) is 1. The van der Waals surface area contributed by atoms with Gasteiger partial charge in [-0.05, 0) is 88.2 Å². The second-order valence-electron chi connectivity index (χ2n) is 7.99. The molecule has 1 aliphatic rings. The van der Waals surface area contributed by atoms with E-state index in [1.165, 1.54) is 23.9 Å². The average molecular weight is 591 g/mol. The number of carbonyl (C=O) groups is 2. The quantitative estimate of drug-likeness (QED) is 0.230. The maximum absolute atomic E-state index is 13.6. The van der Waals surface area contributed by atoms with Crippen molar-refractivity contribution in [2.75, 3.05) is 13.2 Å². The number of carboxylic acid groups (broad SMARTS) is 1. The van der Waals surface area contributed by atoms with E-state index in [2.05, 4.69) is 21.9 Å². The van der Waals surface area contributed by atoms with Gasteiger partial charge in [0.15, 0.2) is 16.7 Å². The van der Waals surface area contributed by atoms with Gasteiger partial charge in [0, 0.05) is 0 Å². The molecule has 0 saturated carbocycles. The number of benzene rings is 3. The second-order valence-corrected chi connectivity index (χ2v) is 9.85. The van der Waals surface area contributed by atoms with Crippen LogP contribution in [-0.4, -0.2) is 40.3 Å². The summed E-state index contributed by atoms with van der Waals surface area (Å²) in [6.07, 6.45) is 7.12. The van der Waals surface area contributed by atoms with Crippen molar-refractivity contribution in [3.05, 3.63) is 92.8 Å². The number of terminal acetylenes is 1. The lowest BCUT2D eigenvalue weighted by Crippen LogP contribution is -2.28. The Labute approximate surface area is 233 Å². The Hall–Kier alpha value is -4.00. The number of carbonyl (C=O) groups excluding carboxylic acids is 1. The number of amides is 1. The SMILES string of the molecule is C#CCOc1c(Br)cc(/C=C2\SC(=Nc3ccccc3)N(Cc3ccc(C(=O)O)cc3)C2=O)cc1OCC. The molecule has 7 nitrogen and oxygen atoms in total. The molecule has 192 valence electrons. The number of ether oxygens (including phenoxy) is 2. The van der Waals surface area contributed by atoms with E-state index in [1.807, 2.05) is 43.3 Å². The Morgan fingerprint density at radius 1 is 1.16 bits per heavy atom. The zero-order chi connectivity index (χ0) is 27.1. The number of aromatic carboxylic acids is 1.